The van der Waals surface area contributed by atoms with Gasteiger partial charge in [0, 0.05) is 27.4 Å². The van der Waals surface area contributed by atoms with Crippen LogP contribution in [0.15, 0.2) is 0 Å². The van der Waals surface area contributed by atoms with Gasteiger partial charge in [-0.1, -0.05) is 25.7 Å². The fraction of sp³-hybridized carbons (Fsp3) is 0.600. The van der Waals surface area contributed by atoms with Gasteiger partial charge in [-0.3, -0.25) is 9.59 Å². The average Bonchev–Trinajstić information content (AvgIpc) is 2.72. The third kappa shape index (κ3) is 9.47. The van der Waals surface area contributed by atoms with E-state index in [-0.39, 0.29) is 11.8 Å². The van der Waals surface area contributed by atoms with Crippen molar-refractivity contribution in [3.8, 4) is 0 Å². The first-order valence-electron chi connectivity index (χ1n) is 10.2. The van der Waals surface area contributed by atoms with Crippen LogP contribution in [0.5, 0.6) is 0 Å². The predicted molar refractivity (Wildman–Crippen MR) is 157 cm³/mol. The summed E-state index contributed by atoms with van der Waals surface area (Å²) in [7, 11) is 0. The Labute approximate surface area is 234 Å². The summed E-state index contributed by atoms with van der Waals surface area (Å²) in [5.74, 6) is -0.157. The van der Waals surface area contributed by atoms with Crippen molar-refractivity contribution >= 4 is 102 Å². The fourth-order valence-electron chi connectivity index (χ4n) is 2.86. The highest BCUT2D eigenvalue weighted by Crippen LogP contribution is 2.33. The Balaban J connectivity index is 2.78. The molecule has 0 heterocycles. The van der Waals surface area contributed by atoms with Crippen molar-refractivity contribution in [2.45, 2.75) is 51.4 Å². The van der Waals surface area contributed by atoms with E-state index >= 15 is 0 Å². The van der Waals surface area contributed by atoms with Crippen molar-refractivity contribution in [3.63, 3.8) is 0 Å². The number of carbonyl (C=O) groups excluding carboxylic acids is 2. The summed E-state index contributed by atoms with van der Waals surface area (Å²) in [6.45, 7) is 2.73. The molecule has 1 aromatic carbocycles. The van der Waals surface area contributed by atoms with Gasteiger partial charge in [-0.25, -0.2) is 0 Å². The van der Waals surface area contributed by atoms with Crippen molar-refractivity contribution in [1.29, 1.82) is 0 Å². The molecule has 6 nitrogen and oxygen atoms in total. The standard InChI is InChI=1S/C20H30I4N4O2/c21-15-13(19(29)27-11-7-3-1-5-9-25)16(22)18(24)14(17(15)23)20(30)28-12-8-4-2-6-10-26/h1-12,25-26H2,(H,27,29)(H,28,30). The predicted octanol–water partition coefficient (Wildman–Crippen LogP) is 4.60. The summed E-state index contributed by atoms with van der Waals surface area (Å²) < 4.78 is 3.30. The number of hydrogen-bond donors (Lipinski definition) is 4. The molecule has 2 amide bonds. The number of amides is 2. The zero-order chi connectivity index (χ0) is 22.5. The molecule has 6 N–H and O–H groups in total. The SMILES string of the molecule is NCCCCCCNC(=O)c1c(I)c(I)c(C(=O)NCCCCCCN)c(I)c1I. The molecule has 0 fully saturated rings. The number of halogens is 4. The number of nitrogens with two attached hydrogens (primary N) is 2. The molecular weight excluding hydrogens is 836 g/mol. The van der Waals surface area contributed by atoms with Crippen molar-refractivity contribution in [2.24, 2.45) is 11.5 Å². The molecule has 0 aliphatic carbocycles. The molecule has 1 aromatic rings. The van der Waals surface area contributed by atoms with E-state index in [2.05, 4.69) is 101 Å². The maximum Gasteiger partial charge on any atom is 0.253 e. The van der Waals surface area contributed by atoms with Gasteiger partial charge in [0.25, 0.3) is 11.8 Å². The van der Waals surface area contributed by atoms with E-state index in [4.69, 9.17) is 11.5 Å². The van der Waals surface area contributed by atoms with Gasteiger partial charge >= 0.3 is 0 Å². The molecule has 0 aliphatic rings. The van der Waals surface area contributed by atoms with Crippen LogP contribution in [0.1, 0.15) is 72.1 Å². The molecule has 0 unspecified atom stereocenters. The number of benzene rings is 1. The van der Waals surface area contributed by atoms with Crippen LogP contribution in [0.3, 0.4) is 0 Å². The molecule has 170 valence electrons. The van der Waals surface area contributed by atoms with E-state index in [1.54, 1.807) is 0 Å². The molecule has 1 rings (SSSR count). The maximum absolute atomic E-state index is 12.8. The Morgan fingerprint density at radius 3 is 1.17 bits per heavy atom. The van der Waals surface area contributed by atoms with Crippen LogP contribution < -0.4 is 22.1 Å². The largest absolute Gasteiger partial charge is 0.352 e. The van der Waals surface area contributed by atoms with E-state index in [0.29, 0.717) is 37.3 Å². The van der Waals surface area contributed by atoms with Crippen molar-refractivity contribution in [2.75, 3.05) is 26.2 Å². The highest BCUT2D eigenvalue weighted by atomic mass is 127. The van der Waals surface area contributed by atoms with Gasteiger partial charge in [0.05, 0.1) is 11.1 Å². The van der Waals surface area contributed by atoms with Crippen LogP contribution >= 0.6 is 90.4 Å². The molecule has 0 atom stereocenters. The van der Waals surface area contributed by atoms with Gasteiger partial charge in [-0.2, -0.15) is 0 Å². The topological polar surface area (TPSA) is 110 Å². The second-order valence-corrected chi connectivity index (χ2v) is 11.2. The second-order valence-electron chi connectivity index (χ2n) is 6.92. The van der Waals surface area contributed by atoms with Crippen LogP contribution in [0.2, 0.25) is 0 Å². The molecule has 0 radical (unpaired) electrons. The first kappa shape index (κ1) is 29.0. The van der Waals surface area contributed by atoms with Gasteiger partial charge in [0.15, 0.2) is 0 Å². The Morgan fingerprint density at radius 2 is 0.867 bits per heavy atom. The average molecular weight is 866 g/mol. The van der Waals surface area contributed by atoms with E-state index in [1.165, 1.54) is 0 Å². The highest BCUT2D eigenvalue weighted by molar-refractivity contribution is 14.1. The Hall–Kier alpha value is 1.000. The minimum absolute atomic E-state index is 0.0784. The van der Waals surface area contributed by atoms with Gasteiger partial charge in [0.2, 0.25) is 0 Å². The van der Waals surface area contributed by atoms with Crippen molar-refractivity contribution in [1.82, 2.24) is 10.6 Å². The summed E-state index contributed by atoms with van der Waals surface area (Å²) in [6.07, 6.45) is 8.24. The van der Waals surface area contributed by atoms with E-state index < -0.39 is 0 Å². The molecular formula is C20H30I4N4O2. The summed E-state index contributed by atoms with van der Waals surface area (Å²) in [4.78, 5) is 25.6. The molecule has 10 heteroatoms. The van der Waals surface area contributed by atoms with Crippen LogP contribution in [0.25, 0.3) is 0 Å². The molecule has 0 aromatic heterocycles. The van der Waals surface area contributed by atoms with E-state index in [1.807, 2.05) is 0 Å². The third-order valence-electron chi connectivity index (χ3n) is 4.55. The lowest BCUT2D eigenvalue weighted by Gasteiger charge is -2.16. The number of unbranched alkanes of at least 4 members (excludes halogenated alkanes) is 6. The molecule has 0 bridgehead atoms. The number of hydrogen-bond acceptors (Lipinski definition) is 4. The second kappa shape index (κ2) is 16.6. The Kier molecular flexibility index (Phi) is 16.1. The highest BCUT2D eigenvalue weighted by Gasteiger charge is 2.26. The molecule has 0 spiro atoms. The number of carbonyl (C=O) groups is 2. The molecule has 0 aliphatic heterocycles. The van der Waals surface area contributed by atoms with Crippen LogP contribution in [0.4, 0.5) is 0 Å². The van der Waals surface area contributed by atoms with E-state index in [0.717, 1.165) is 65.6 Å². The summed E-state index contributed by atoms with van der Waals surface area (Å²) in [5.41, 5.74) is 12.3. The summed E-state index contributed by atoms with van der Waals surface area (Å²) in [5, 5.41) is 6.05. The fourth-order valence-corrected chi connectivity index (χ4v) is 7.03. The minimum Gasteiger partial charge on any atom is -0.352 e. The summed E-state index contributed by atoms with van der Waals surface area (Å²) in [6, 6.07) is 0. The lowest BCUT2D eigenvalue weighted by atomic mass is 10.1. The van der Waals surface area contributed by atoms with Crippen molar-refractivity contribution < 1.29 is 9.59 Å². The first-order valence-corrected chi connectivity index (χ1v) is 14.5. The molecule has 30 heavy (non-hydrogen) atoms. The van der Waals surface area contributed by atoms with Gasteiger partial charge in [0.1, 0.15) is 0 Å². The zero-order valence-corrected chi connectivity index (χ0v) is 25.6. The van der Waals surface area contributed by atoms with Crippen molar-refractivity contribution in [3.05, 3.63) is 25.4 Å². The minimum atomic E-state index is -0.0784. The Morgan fingerprint density at radius 1 is 0.567 bits per heavy atom. The first-order chi connectivity index (χ1) is 14.4. The van der Waals surface area contributed by atoms with Crippen LogP contribution in [0, 0.1) is 14.3 Å². The normalized spacial score (nSPS) is 10.9. The van der Waals surface area contributed by atoms with Crippen LogP contribution in [-0.2, 0) is 0 Å². The van der Waals surface area contributed by atoms with Gasteiger partial charge in [-0.15, -0.1) is 0 Å². The number of rotatable bonds is 14. The number of nitrogens with one attached hydrogen (secondary N) is 2. The van der Waals surface area contributed by atoms with Gasteiger partial charge in [-0.05, 0) is 129 Å². The smallest absolute Gasteiger partial charge is 0.253 e. The van der Waals surface area contributed by atoms with E-state index in [9.17, 15) is 9.59 Å². The molecule has 0 saturated heterocycles. The lowest BCUT2D eigenvalue weighted by Crippen LogP contribution is -2.30. The zero-order valence-electron chi connectivity index (χ0n) is 17.0. The monoisotopic (exact) mass is 866 g/mol. The Bertz CT molecular complexity index is 629. The molecule has 0 saturated carbocycles. The van der Waals surface area contributed by atoms with Crippen LogP contribution in [-0.4, -0.2) is 38.0 Å². The van der Waals surface area contributed by atoms with Gasteiger partial charge < -0.3 is 22.1 Å². The lowest BCUT2D eigenvalue weighted by molar-refractivity contribution is 0.0938. The summed E-state index contributed by atoms with van der Waals surface area (Å²) >= 11 is 8.72. The third-order valence-corrected chi connectivity index (χ3v) is 10.9. The maximum atomic E-state index is 12.8. The quantitative estimate of drug-likeness (QED) is 0.125.